The molecule has 0 aliphatic heterocycles. The van der Waals surface area contributed by atoms with Crippen molar-refractivity contribution in [3.8, 4) is 5.75 Å². The van der Waals surface area contributed by atoms with Gasteiger partial charge < -0.3 is 10.1 Å². The molecule has 3 rings (SSSR count). The number of hydrogen-bond donors (Lipinski definition) is 1. The Morgan fingerprint density at radius 3 is 2.17 bits per heavy atom. The summed E-state index contributed by atoms with van der Waals surface area (Å²) < 4.78 is 5.89. The summed E-state index contributed by atoms with van der Waals surface area (Å²) >= 11 is 1.80. The van der Waals surface area contributed by atoms with Gasteiger partial charge in [-0.15, -0.1) is 11.8 Å². The molecule has 0 saturated heterocycles. The highest BCUT2D eigenvalue weighted by molar-refractivity contribution is 7.98. The van der Waals surface area contributed by atoms with E-state index in [4.69, 9.17) is 4.74 Å². The third-order valence-corrected chi connectivity index (χ3v) is 5.73. The van der Waals surface area contributed by atoms with Crippen molar-refractivity contribution in [1.82, 2.24) is 0 Å². The van der Waals surface area contributed by atoms with E-state index < -0.39 is 6.10 Å². The predicted molar refractivity (Wildman–Crippen MR) is 122 cm³/mol. The summed E-state index contributed by atoms with van der Waals surface area (Å²) in [6, 6.07) is 26.3. The van der Waals surface area contributed by atoms with Crippen LogP contribution < -0.4 is 10.1 Å². The minimum absolute atomic E-state index is 0.126. The molecule has 0 saturated carbocycles. The standard InChI is InChI=1S/C25H27NO2S/c1-3-19-12-16-22(17-13-19)28-24(4-2)25(27)26-21-14-10-20(11-15-21)18-29-23-8-6-5-7-9-23/h5-17,24H,3-4,18H2,1-2H3,(H,26,27). The highest BCUT2D eigenvalue weighted by atomic mass is 32.2. The zero-order valence-electron chi connectivity index (χ0n) is 16.9. The fraction of sp³-hybridized carbons (Fsp3) is 0.240. The van der Waals surface area contributed by atoms with Crippen LogP contribution in [0.3, 0.4) is 0 Å². The van der Waals surface area contributed by atoms with E-state index in [1.165, 1.54) is 16.0 Å². The van der Waals surface area contributed by atoms with Crippen LogP contribution in [0.15, 0.2) is 83.8 Å². The van der Waals surface area contributed by atoms with Gasteiger partial charge in [-0.05, 0) is 60.4 Å². The molecule has 0 fully saturated rings. The average molecular weight is 406 g/mol. The molecule has 0 bridgehead atoms. The Hall–Kier alpha value is -2.72. The lowest BCUT2D eigenvalue weighted by molar-refractivity contribution is -0.122. The molecular weight excluding hydrogens is 378 g/mol. The van der Waals surface area contributed by atoms with Crippen LogP contribution in [0, 0.1) is 0 Å². The number of hydrogen-bond acceptors (Lipinski definition) is 3. The van der Waals surface area contributed by atoms with Crippen molar-refractivity contribution in [2.24, 2.45) is 0 Å². The summed E-state index contributed by atoms with van der Waals surface area (Å²) in [4.78, 5) is 13.9. The van der Waals surface area contributed by atoms with Gasteiger partial charge in [0.2, 0.25) is 0 Å². The van der Waals surface area contributed by atoms with Crippen LogP contribution in [0.2, 0.25) is 0 Å². The maximum atomic E-state index is 12.6. The summed E-state index contributed by atoms with van der Waals surface area (Å²) in [6.45, 7) is 4.07. The largest absolute Gasteiger partial charge is 0.481 e. The number of nitrogens with one attached hydrogen (secondary N) is 1. The second-order valence-corrected chi connectivity index (χ2v) is 7.85. The van der Waals surface area contributed by atoms with Gasteiger partial charge in [0.25, 0.3) is 5.91 Å². The van der Waals surface area contributed by atoms with E-state index in [9.17, 15) is 4.79 Å². The van der Waals surface area contributed by atoms with E-state index in [0.29, 0.717) is 6.42 Å². The molecule has 3 aromatic carbocycles. The number of anilines is 1. The van der Waals surface area contributed by atoms with Gasteiger partial charge in [0.05, 0.1) is 0 Å². The highest BCUT2D eigenvalue weighted by Gasteiger charge is 2.18. The predicted octanol–water partition coefficient (Wildman–Crippen LogP) is 6.34. The lowest BCUT2D eigenvalue weighted by atomic mass is 10.1. The monoisotopic (exact) mass is 405 g/mol. The molecule has 1 atom stereocenters. The minimum atomic E-state index is -0.518. The first-order valence-electron chi connectivity index (χ1n) is 10.0. The van der Waals surface area contributed by atoms with Gasteiger partial charge in [-0.3, -0.25) is 4.79 Å². The number of carbonyl (C=O) groups is 1. The topological polar surface area (TPSA) is 38.3 Å². The maximum Gasteiger partial charge on any atom is 0.265 e. The van der Waals surface area contributed by atoms with Crippen LogP contribution in [0.4, 0.5) is 5.69 Å². The van der Waals surface area contributed by atoms with Gasteiger partial charge in [-0.25, -0.2) is 0 Å². The van der Waals surface area contributed by atoms with Gasteiger partial charge in [-0.2, -0.15) is 0 Å². The molecule has 29 heavy (non-hydrogen) atoms. The summed E-state index contributed by atoms with van der Waals surface area (Å²) in [5.41, 5.74) is 3.25. The van der Waals surface area contributed by atoms with Gasteiger partial charge >= 0.3 is 0 Å². The van der Waals surface area contributed by atoms with Crippen molar-refractivity contribution < 1.29 is 9.53 Å². The van der Waals surface area contributed by atoms with Gasteiger partial charge in [-0.1, -0.05) is 56.3 Å². The molecule has 1 unspecified atom stereocenters. The highest BCUT2D eigenvalue weighted by Crippen LogP contribution is 2.23. The normalized spacial score (nSPS) is 11.7. The summed E-state index contributed by atoms with van der Waals surface area (Å²) in [5, 5.41) is 2.97. The molecule has 1 amide bonds. The Morgan fingerprint density at radius 1 is 0.897 bits per heavy atom. The smallest absolute Gasteiger partial charge is 0.265 e. The second kappa shape index (κ2) is 10.7. The summed E-state index contributed by atoms with van der Waals surface area (Å²) in [5.74, 6) is 1.49. The van der Waals surface area contributed by atoms with E-state index in [2.05, 4.69) is 36.5 Å². The van der Waals surface area contributed by atoms with Crippen LogP contribution >= 0.6 is 11.8 Å². The number of aryl methyl sites for hydroxylation is 1. The molecular formula is C25H27NO2S. The molecule has 1 N–H and O–H groups in total. The number of thioether (sulfide) groups is 1. The molecule has 0 heterocycles. The van der Waals surface area contributed by atoms with Crippen molar-refractivity contribution >= 4 is 23.4 Å². The Balaban J connectivity index is 1.54. The van der Waals surface area contributed by atoms with E-state index in [-0.39, 0.29) is 5.91 Å². The van der Waals surface area contributed by atoms with Crippen molar-refractivity contribution in [1.29, 1.82) is 0 Å². The molecule has 0 aromatic heterocycles. The molecule has 0 aliphatic carbocycles. The van der Waals surface area contributed by atoms with Gasteiger partial charge in [0.1, 0.15) is 5.75 Å². The van der Waals surface area contributed by atoms with Gasteiger partial charge in [0, 0.05) is 16.3 Å². The Kier molecular flexibility index (Phi) is 7.77. The first kappa shape index (κ1) is 21.0. The Morgan fingerprint density at radius 2 is 1.55 bits per heavy atom. The summed E-state index contributed by atoms with van der Waals surface area (Å²) in [6.07, 6.45) is 1.07. The lowest BCUT2D eigenvalue weighted by Gasteiger charge is -2.17. The fourth-order valence-electron chi connectivity index (χ4n) is 2.88. The molecule has 0 spiro atoms. The van der Waals surface area contributed by atoms with Crippen LogP contribution in [0.1, 0.15) is 31.4 Å². The second-order valence-electron chi connectivity index (χ2n) is 6.80. The van der Waals surface area contributed by atoms with Crippen molar-refractivity contribution in [2.45, 2.75) is 43.4 Å². The van der Waals surface area contributed by atoms with Crippen LogP contribution in [0.5, 0.6) is 5.75 Å². The maximum absolute atomic E-state index is 12.6. The van der Waals surface area contributed by atoms with Crippen LogP contribution in [-0.4, -0.2) is 12.0 Å². The van der Waals surface area contributed by atoms with Crippen molar-refractivity contribution in [2.75, 3.05) is 5.32 Å². The van der Waals surface area contributed by atoms with E-state index >= 15 is 0 Å². The minimum Gasteiger partial charge on any atom is -0.481 e. The SMILES string of the molecule is CCc1ccc(OC(CC)C(=O)Nc2ccc(CSc3ccccc3)cc2)cc1. The number of ether oxygens (including phenoxy) is 1. The number of carbonyl (C=O) groups excluding carboxylic acids is 1. The first-order chi connectivity index (χ1) is 14.2. The first-order valence-corrected chi connectivity index (χ1v) is 11.0. The Bertz CT molecular complexity index is 892. The number of amides is 1. The fourth-order valence-corrected chi connectivity index (χ4v) is 3.76. The lowest BCUT2D eigenvalue weighted by Crippen LogP contribution is -2.32. The van der Waals surface area contributed by atoms with Crippen LogP contribution in [-0.2, 0) is 17.0 Å². The quantitative estimate of drug-likeness (QED) is 0.422. The van der Waals surface area contributed by atoms with Crippen molar-refractivity contribution in [3.05, 3.63) is 90.0 Å². The zero-order chi connectivity index (χ0) is 20.5. The van der Waals surface area contributed by atoms with E-state index in [0.717, 1.165) is 23.6 Å². The zero-order valence-corrected chi connectivity index (χ0v) is 17.7. The molecule has 3 nitrogen and oxygen atoms in total. The molecule has 4 heteroatoms. The van der Waals surface area contributed by atoms with E-state index in [1.807, 2.05) is 61.5 Å². The Labute approximate surface area is 177 Å². The molecule has 150 valence electrons. The third-order valence-electron chi connectivity index (χ3n) is 4.64. The molecule has 0 aliphatic rings. The van der Waals surface area contributed by atoms with E-state index in [1.54, 1.807) is 11.8 Å². The van der Waals surface area contributed by atoms with Crippen molar-refractivity contribution in [3.63, 3.8) is 0 Å². The molecule has 3 aromatic rings. The average Bonchev–Trinajstić information content (AvgIpc) is 2.78. The number of rotatable bonds is 9. The van der Waals surface area contributed by atoms with Crippen LogP contribution in [0.25, 0.3) is 0 Å². The number of benzene rings is 3. The molecule has 0 radical (unpaired) electrons. The third kappa shape index (κ3) is 6.40. The van der Waals surface area contributed by atoms with Gasteiger partial charge in [0.15, 0.2) is 6.10 Å². The summed E-state index contributed by atoms with van der Waals surface area (Å²) in [7, 11) is 0.